The Morgan fingerprint density at radius 2 is 0.833 bits per heavy atom. The summed E-state index contributed by atoms with van der Waals surface area (Å²) in [4.78, 5) is 29.3. The van der Waals surface area contributed by atoms with Crippen molar-refractivity contribution in [3.8, 4) is 0 Å². The molecule has 0 saturated heterocycles. The molecule has 1 aromatic heterocycles. The minimum Gasteiger partial charge on any atom is -0.374 e. The smallest absolute Gasteiger partial charge is 0.258 e. The fourth-order valence-corrected chi connectivity index (χ4v) is 2.12. The maximum atomic E-state index is 9.71. The fraction of sp³-hybridized carbons (Fsp3) is 0.833. The van der Waals surface area contributed by atoms with Crippen LogP contribution < -0.4 is 15.2 Å². The summed E-state index contributed by atoms with van der Waals surface area (Å²) >= 11 is 0. The third-order valence-electron chi connectivity index (χ3n) is 3.89. The maximum absolute atomic E-state index is 9.71. The zero-order valence-electron chi connectivity index (χ0n) is 18.2. The highest BCUT2D eigenvalue weighted by Crippen LogP contribution is 2.20. The van der Waals surface area contributed by atoms with Crippen LogP contribution in [-0.2, 0) is 14.5 Å². The van der Waals surface area contributed by atoms with Gasteiger partial charge < -0.3 is 15.3 Å². The fourth-order valence-electron chi connectivity index (χ4n) is 2.12. The number of aromatic nitrogens is 3. The van der Waals surface area contributed by atoms with Crippen molar-refractivity contribution in [3.63, 3.8) is 0 Å². The van der Waals surface area contributed by atoms with E-state index in [1.165, 1.54) is 0 Å². The number of hydrogen-bond donors (Lipinski definition) is 3. The molecule has 1 rings (SSSR count). The van der Waals surface area contributed by atoms with Gasteiger partial charge in [0.25, 0.3) is 17.8 Å². The van der Waals surface area contributed by atoms with Crippen molar-refractivity contribution in [2.75, 3.05) is 55.2 Å². The molecule has 0 bridgehead atoms. The van der Waals surface area contributed by atoms with Gasteiger partial charge >= 0.3 is 0 Å². The maximum Gasteiger partial charge on any atom is 0.258 e. The van der Waals surface area contributed by atoms with Crippen LogP contribution in [-0.4, -0.2) is 70.3 Å². The van der Waals surface area contributed by atoms with Crippen LogP contribution in [0.15, 0.2) is 0 Å². The Bertz CT molecular complexity index is 481. The zero-order valence-corrected chi connectivity index (χ0v) is 18.2. The largest absolute Gasteiger partial charge is 0.374 e. The van der Waals surface area contributed by atoms with Crippen LogP contribution in [0.4, 0.5) is 17.8 Å². The molecule has 0 aliphatic rings. The number of rotatable bonds is 18. The van der Waals surface area contributed by atoms with Crippen LogP contribution >= 0.6 is 0 Å². The number of aliphatic hydroxyl groups excluding tert-OH is 3. The SMILES string of the molecule is CCCCON(CO)c1nc(N(CO)OCCCC)nc(N(CO)OCCCC)n1. The highest BCUT2D eigenvalue weighted by atomic mass is 16.7. The average molecular weight is 433 g/mol. The standard InChI is InChI=1S/C18H36N6O6/c1-4-7-10-28-22(13-25)16-19-17(23(14-26)29-11-8-5-2)21-18(20-16)24(15-27)30-12-9-6-3/h25-27H,4-15H2,1-3H3. The molecular weight excluding hydrogens is 396 g/mol. The van der Waals surface area contributed by atoms with Crippen LogP contribution in [0, 0.1) is 0 Å². The van der Waals surface area contributed by atoms with Crippen molar-refractivity contribution >= 4 is 17.8 Å². The van der Waals surface area contributed by atoms with E-state index in [-0.39, 0.29) is 17.8 Å². The number of hydrogen-bond acceptors (Lipinski definition) is 12. The molecule has 0 amide bonds. The van der Waals surface area contributed by atoms with Gasteiger partial charge in [-0.15, -0.1) is 0 Å². The number of unbranched alkanes of at least 4 members (excludes halogenated alkanes) is 3. The van der Waals surface area contributed by atoms with Crippen LogP contribution in [0.1, 0.15) is 59.3 Å². The summed E-state index contributed by atoms with van der Waals surface area (Å²) in [5.41, 5.74) is 0. The monoisotopic (exact) mass is 432 g/mol. The Morgan fingerprint density at radius 3 is 1.03 bits per heavy atom. The summed E-state index contributed by atoms with van der Waals surface area (Å²) in [7, 11) is 0. The predicted molar refractivity (Wildman–Crippen MR) is 111 cm³/mol. The molecule has 0 aromatic carbocycles. The number of hydroxylamine groups is 3. The summed E-state index contributed by atoms with van der Waals surface area (Å²) < 4.78 is 0. The average Bonchev–Trinajstić information content (AvgIpc) is 2.77. The predicted octanol–water partition coefficient (Wildman–Crippen LogP) is 1.34. The molecule has 0 spiro atoms. The van der Waals surface area contributed by atoms with Gasteiger partial charge in [0.1, 0.15) is 20.2 Å². The Kier molecular flexibility index (Phi) is 13.9. The van der Waals surface area contributed by atoms with Crippen molar-refractivity contribution in [1.29, 1.82) is 0 Å². The summed E-state index contributed by atoms with van der Waals surface area (Å²) in [6.07, 6.45) is 5.10. The van der Waals surface area contributed by atoms with Gasteiger partial charge in [0, 0.05) is 0 Å². The summed E-state index contributed by atoms with van der Waals surface area (Å²) in [5, 5.41) is 32.4. The lowest BCUT2D eigenvalue weighted by Crippen LogP contribution is -2.34. The van der Waals surface area contributed by atoms with Crippen LogP contribution in [0.3, 0.4) is 0 Å². The molecule has 3 N–H and O–H groups in total. The molecule has 0 atom stereocenters. The van der Waals surface area contributed by atoms with Crippen LogP contribution in [0.2, 0.25) is 0 Å². The van der Waals surface area contributed by atoms with E-state index in [0.717, 1.165) is 53.7 Å². The highest BCUT2D eigenvalue weighted by Gasteiger charge is 2.21. The lowest BCUT2D eigenvalue weighted by Gasteiger charge is -2.25. The van der Waals surface area contributed by atoms with Gasteiger partial charge in [0.05, 0.1) is 19.8 Å². The van der Waals surface area contributed by atoms with E-state index in [1.807, 2.05) is 20.8 Å². The van der Waals surface area contributed by atoms with Crippen molar-refractivity contribution < 1.29 is 29.8 Å². The second kappa shape index (κ2) is 15.9. The summed E-state index contributed by atoms with van der Waals surface area (Å²) in [6, 6.07) is 0. The van der Waals surface area contributed by atoms with E-state index in [1.54, 1.807) is 0 Å². The molecular formula is C18H36N6O6. The molecule has 12 heteroatoms. The molecule has 30 heavy (non-hydrogen) atoms. The minimum atomic E-state index is -0.502. The quantitative estimate of drug-likeness (QED) is 0.175. The first-order valence-corrected chi connectivity index (χ1v) is 10.4. The summed E-state index contributed by atoms with van der Waals surface area (Å²) in [6.45, 7) is 5.64. The Balaban J connectivity index is 3.20. The van der Waals surface area contributed by atoms with Gasteiger partial charge in [0.2, 0.25) is 0 Å². The number of nitrogens with zero attached hydrogens (tertiary/aromatic N) is 6. The van der Waals surface area contributed by atoms with Crippen molar-refractivity contribution in [2.24, 2.45) is 0 Å². The van der Waals surface area contributed by atoms with Gasteiger partial charge in [-0.1, -0.05) is 40.0 Å². The molecule has 174 valence electrons. The van der Waals surface area contributed by atoms with Crippen molar-refractivity contribution in [1.82, 2.24) is 15.0 Å². The third-order valence-corrected chi connectivity index (χ3v) is 3.89. The van der Waals surface area contributed by atoms with Gasteiger partial charge in [-0.05, 0) is 19.3 Å². The van der Waals surface area contributed by atoms with Gasteiger partial charge in [-0.25, -0.2) is 0 Å². The molecule has 0 radical (unpaired) electrons. The highest BCUT2D eigenvalue weighted by molar-refractivity contribution is 5.42. The lowest BCUT2D eigenvalue weighted by atomic mass is 10.4. The number of aliphatic hydroxyl groups is 3. The van der Waals surface area contributed by atoms with E-state index in [2.05, 4.69) is 15.0 Å². The van der Waals surface area contributed by atoms with E-state index >= 15 is 0 Å². The minimum absolute atomic E-state index is 0.0105. The molecule has 0 aliphatic heterocycles. The molecule has 0 unspecified atom stereocenters. The van der Waals surface area contributed by atoms with E-state index in [9.17, 15) is 15.3 Å². The second-order valence-corrected chi connectivity index (χ2v) is 6.36. The van der Waals surface area contributed by atoms with Gasteiger partial charge in [0.15, 0.2) is 0 Å². The molecule has 0 saturated carbocycles. The summed E-state index contributed by atoms with van der Waals surface area (Å²) in [5.74, 6) is -0.0314. The van der Waals surface area contributed by atoms with E-state index in [0.29, 0.717) is 19.8 Å². The number of anilines is 3. The first kappa shape index (κ1) is 26.2. The molecule has 1 aromatic rings. The van der Waals surface area contributed by atoms with Gasteiger partial charge in [-0.3, -0.25) is 14.5 Å². The Morgan fingerprint density at radius 1 is 0.567 bits per heavy atom. The third kappa shape index (κ3) is 8.90. The van der Waals surface area contributed by atoms with Crippen LogP contribution in [0.5, 0.6) is 0 Å². The second-order valence-electron chi connectivity index (χ2n) is 6.36. The lowest BCUT2D eigenvalue weighted by molar-refractivity contribution is 0.0465. The zero-order chi connectivity index (χ0) is 22.2. The first-order valence-electron chi connectivity index (χ1n) is 10.4. The van der Waals surface area contributed by atoms with E-state index < -0.39 is 20.2 Å². The van der Waals surface area contributed by atoms with E-state index in [4.69, 9.17) is 14.5 Å². The normalized spacial score (nSPS) is 11.0. The van der Waals surface area contributed by atoms with Crippen molar-refractivity contribution in [2.45, 2.75) is 59.3 Å². The molecule has 0 fully saturated rings. The molecule has 12 nitrogen and oxygen atoms in total. The Labute approximate surface area is 177 Å². The Hall–Kier alpha value is -1.83. The van der Waals surface area contributed by atoms with Crippen molar-refractivity contribution in [3.05, 3.63) is 0 Å². The molecule has 0 aliphatic carbocycles. The topological polar surface area (TPSA) is 137 Å². The van der Waals surface area contributed by atoms with Gasteiger partial charge in [-0.2, -0.15) is 30.1 Å². The van der Waals surface area contributed by atoms with Crippen LogP contribution in [0.25, 0.3) is 0 Å². The molecule has 1 heterocycles. The first-order chi connectivity index (χ1) is 14.6.